The van der Waals surface area contributed by atoms with Crippen molar-refractivity contribution in [2.24, 2.45) is 0 Å². The van der Waals surface area contributed by atoms with Gasteiger partial charge in [0.2, 0.25) is 0 Å². The second-order valence-electron chi connectivity index (χ2n) is 7.99. The molecule has 0 saturated heterocycles. The summed E-state index contributed by atoms with van der Waals surface area (Å²) in [6.45, 7) is -0.404. The van der Waals surface area contributed by atoms with E-state index in [1.165, 1.54) is 36.9 Å². The van der Waals surface area contributed by atoms with Gasteiger partial charge in [0.25, 0.3) is 5.91 Å². The lowest BCUT2D eigenvalue weighted by molar-refractivity contribution is -0.205. The summed E-state index contributed by atoms with van der Waals surface area (Å²) in [6, 6.07) is 3.55. The first-order valence-electron chi connectivity index (χ1n) is 10.1. The highest BCUT2D eigenvalue weighted by Crippen LogP contribution is 2.37. The fourth-order valence-corrected chi connectivity index (χ4v) is 3.60. The summed E-state index contributed by atoms with van der Waals surface area (Å²) in [5.74, 6) is -0.743. The number of hydrogen-bond acceptors (Lipinski definition) is 8. The van der Waals surface area contributed by atoms with E-state index in [4.69, 9.17) is 54.6 Å². The van der Waals surface area contributed by atoms with E-state index in [0.29, 0.717) is 21.7 Å². The number of hydrogen-bond donors (Lipinski definition) is 7. The number of aromatic nitrogens is 3. The van der Waals surface area contributed by atoms with Crippen LogP contribution in [0.3, 0.4) is 0 Å². The smallest absolute Gasteiger partial charge is 0.268 e. The van der Waals surface area contributed by atoms with E-state index < -0.39 is 35.1 Å². The molecule has 0 aliphatic heterocycles. The van der Waals surface area contributed by atoms with Crippen molar-refractivity contribution < 1.29 is 25.2 Å². The molecule has 1 unspecified atom stereocenters. The number of anilines is 1. The standard InChI is InChI=1S/C20H17B4Cl2N5O5/c21-19(22,23)18(34,20(24,35)36)31-16-3-12(13(26)7-29-16)9-2-14(28-5-9)17(33)30-15(8-32)10-1-11(25)6-27-4-10/h1-7,15,28,32,34-36H,8H2,(H,29,31)(H,30,33)/t15-,18?/m1/s1. The number of amides is 1. The molecule has 178 valence electrons. The van der Waals surface area contributed by atoms with Gasteiger partial charge in [0.15, 0.2) is 19.3 Å². The largest absolute Gasteiger partial charge is 0.394 e. The minimum absolute atomic E-state index is 0.119. The summed E-state index contributed by atoms with van der Waals surface area (Å²) >= 11 is 12.2. The minimum atomic E-state index is -3.38. The van der Waals surface area contributed by atoms with Gasteiger partial charge < -0.3 is 36.0 Å². The van der Waals surface area contributed by atoms with E-state index in [0.717, 1.165) is 0 Å². The number of H-pyrrole nitrogens is 1. The monoisotopic (exact) mass is 521 g/mol. The van der Waals surface area contributed by atoms with Crippen LogP contribution in [0, 0.1) is 0 Å². The third-order valence-corrected chi connectivity index (χ3v) is 5.69. The van der Waals surface area contributed by atoms with Crippen LogP contribution in [0.1, 0.15) is 22.1 Å². The number of pyridine rings is 2. The first kappa shape index (κ1) is 28.1. The average Bonchev–Trinajstić information content (AvgIpc) is 3.27. The molecular weight excluding hydrogens is 504 g/mol. The quantitative estimate of drug-likeness (QED) is 0.149. The van der Waals surface area contributed by atoms with Crippen molar-refractivity contribution in [2.75, 3.05) is 11.9 Å². The molecule has 36 heavy (non-hydrogen) atoms. The Morgan fingerprint density at radius 3 is 2.36 bits per heavy atom. The average molecular weight is 522 g/mol. The number of rotatable bonds is 9. The Morgan fingerprint density at radius 2 is 1.78 bits per heavy atom. The SMILES string of the molecule is [B]C([B])([B])C(O)(Nc1cc(-c2c[nH]c(C(=O)N[C@H](CO)c3cncc(Cl)c3)c2)c(Cl)cn1)C([B])(O)O. The second kappa shape index (κ2) is 10.5. The van der Waals surface area contributed by atoms with Crippen molar-refractivity contribution in [3.05, 3.63) is 64.3 Å². The fourth-order valence-electron chi connectivity index (χ4n) is 3.20. The van der Waals surface area contributed by atoms with E-state index in [2.05, 4.69) is 25.6 Å². The van der Waals surface area contributed by atoms with E-state index >= 15 is 0 Å². The molecular formula is C20H17B4Cl2N5O5. The van der Waals surface area contributed by atoms with Crippen LogP contribution in [-0.4, -0.2) is 90.7 Å². The summed E-state index contributed by atoms with van der Waals surface area (Å²) in [7, 11) is 21.6. The van der Waals surface area contributed by atoms with Gasteiger partial charge >= 0.3 is 0 Å². The molecule has 7 N–H and O–H groups in total. The number of carbonyl (C=O) groups is 1. The summed E-state index contributed by atoms with van der Waals surface area (Å²) in [4.78, 5) is 23.4. The van der Waals surface area contributed by atoms with Gasteiger partial charge in [-0.15, -0.1) is 0 Å². The first-order valence-corrected chi connectivity index (χ1v) is 10.9. The van der Waals surface area contributed by atoms with Gasteiger partial charge in [0, 0.05) is 35.9 Å². The predicted octanol–water partition coefficient (Wildman–Crippen LogP) is -0.272. The Labute approximate surface area is 221 Å². The van der Waals surface area contributed by atoms with Crippen LogP contribution in [0.4, 0.5) is 5.82 Å². The van der Waals surface area contributed by atoms with Crippen molar-refractivity contribution in [1.29, 1.82) is 0 Å². The normalized spacial score (nSPS) is 14.6. The van der Waals surface area contributed by atoms with Crippen LogP contribution in [0.15, 0.2) is 43.0 Å². The second-order valence-corrected chi connectivity index (χ2v) is 8.83. The van der Waals surface area contributed by atoms with Crippen LogP contribution in [0.5, 0.6) is 0 Å². The molecule has 0 aliphatic carbocycles. The molecule has 0 spiro atoms. The molecule has 2 atom stereocenters. The van der Waals surface area contributed by atoms with Crippen molar-refractivity contribution in [2.45, 2.75) is 22.6 Å². The van der Waals surface area contributed by atoms with Crippen molar-refractivity contribution in [3.8, 4) is 11.1 Å². The summed E-state index contributed by atoms with van der Waals surface area (Å²) in [5.41, 5.74) is -5.10. The van der Waals surface area contributed by atoms with E-state index in [1.54, 1.807) is 6.07 Å². The van der Waals surface area contributed by atoms with Crippen molar-refractivity contribution in [1.82, 2.24) is 20.3 Å². The van der Waals surface area contributed by atoms with E-state index in [1.807, 2.05) is 0 Å². The Morgan fingerprint density at radius 1 is 1.08 bits per heavy atom. The Kier molecular flexibility index (Phi) is 8.19. The maximum absolute atomic E-state index is 12.8. The zero-order valence-corrected chi connectivity index (χ0v) is 20.0. The van der Waals surface area contributed by atoms with Crippen LogP contribution in [0.2, 0.25) is 15.2 Å². The number of carbonyl (C=O) groups excluding carboxylic acids is 1. The van der Waals surface area contributed by atoms with E-state index in [-0.39, 0.29) is 16.5 Å². The molecule has 10 nitrogen and oxygen atoms in total. The number of nitrogens with zero attached hydrogens (tertiary/aromatic N) is 2. The third-order valence-electron chi connectivity index (χ3n) is 5.18. The number of halogens is 2. The van der Waals surface area contributed by atoms with Gasteiger partial charge in [0.1, 0.15) is 11.5 Å². The topological polar surface area (TPSA) is 164 Å². The van der Waals surface area contributed by atoms with Gasteiger partial charge in [0.05, 0.1) is 46.2 Å². The van der Waals surface area contributed by atoms with Crippen LogP contribution in [0.25, 0.3) is 11.1 Å². The Bertz CT molecular complexity index is 1240. The predicted molar refractivity (Wildman–Crippen MR) is 137 cm³/mol. The lowest BCUT2D eigenvalue weighted by Gasteiger charge is -2.49. The molecule has 3 aromatic heterocycles. The molecule has 0 aliphatic rings. The van der Waals surface area contributed by atoms with Crippen molar-refractivity contribution >= 4 is 66.3 Å². The molecule has 3 rings (SSSR count). The van der Waals surface area contributed by atoms with Crippen LogP contribution < -0.4 is 10.6 Å². The van der Waals surface area contributed by atoms with Crippen LogP contribution in [-0.2, 0) is 0 Å². The maximum Gasteiger partial charge on any atom is 0.268 e. The van der Waals surface area contributed by atoms with E-state index in [9.17, 15) is 25.2 Å². The summed E-state index contributed by atoms with van der Waals surface area (Å²) in [6.07, 6.45) is 5.53. The molecule has 3 aromatic rings. The first-order chi connectivity index (χ1) is 16.7. The molecule has 0 fully saturated rings. The number of aromatic amines is 1. The maximum atomic E-state index is 12.8. The molecule has 1 amide bonds. The minimum Gasteiger partial charge on any atom is -0.394 e. The number of aliphatic hydroxyl groups excluding tert-OH is 1. The Hall–Kier alpha value is -2.47. The molecule has 16 heteroatoms. The lowest BCUT2D eigenvalue weighted by Crippen LogP contribution is -2.67. The number of nitrogens with one attached hydrogen (secondary N) is 3. The lowest BCUT2D eigenvalue weighted by atomic mass is 9.36. The van der Waals surface area contributed by atoms with Crippen LogP contribution >= 0.6 is 23.2 Å². The highest BCUT2D eigenvalue weighted by Gasteiger charge is 2.51. The fraction of sp³-hybridized carbons (Fsp3) is 0.250. The van der Waals surface area contributed by atoms with Gasteiger partial charge in [-0.3, -0.25) is 9.78 Å². The number of aliphatic hydroxyl groups is 4. The third kappa shape index (κ3) is 5.91. The van der Waals surface area contributed by atoms with Gasteiger partial charge in [-0.2, -0.15) is 0 Å². The molecule has 8 radical (unpaired) electrons. The molecule has 3 heterocycles. The zero-order valence-electron chi connectivity index (χ0n) is 18.5. The zero-order chi connectivity index (χ0) is 26.9. The molecule has 0 saturated carbocycles. The highest BCUT2D eigenvalue weighted by atomic mass is 35.5. The molecule has 0 aromatic carbocycles. The van der Waals surface area contributed by atoms with Crippen molar-refractivity contribution in [3.63, 3.8) is 0 Å². The molecule has 0 bridgehead atoms. The highest BCUT2D eigenvalue weighted by molar-refractivity contribution is 6.60. The summed E-state index contributed by atoms with van der Waals surface area (Å²) in [5, 5.41) is 42.6. The summed E-state index contributed by atoms with van der Waals surface area (Å²) < 4.78 is 0. The van der Waals surface area contributed by atoms with Gasteiger partial charge in [-0.1, -0.05) is 28.3 Å². The van der Waals surface area contributed by atoms with Gasteiger partial charge in [-0.05, 0) is 23.8 Å². The Balaban J connectivity index is 1.86. The van der Waals surface area contributed by atoms with Gasteiger partial charge in [-0.25, -0.2) is 4.98 Å².